The first kappa shape index (κ1) is 15.5. The molecule has 104 valence electrons. The molecular formula is C13H18N2O3S. The Bertz CT molecular complexity index is 477. The van der Waals surface area contributed by atoms with Crippen LogP contribution in [-0.2, 0) is 4.79 Å². The second-order valence-electron chi connectivity index (χ2n) is 4.21. The molecule has 0 bridgehead atoms. The van der Waals surface area contributed by atoms with E-state index in [1.54, 1.807) is 24.8 Å². The summed E-state index contributed by atoms with van der Waals surface area (Å²) in [5.41, 5.74) is 7.19. The molecule has 0 aliphatic carbocycles. The van der Waals surface area contributed by atoms with Gasteiger partial charge in [-0.15, -0.1) is 0 Å². The van der Waals surface area contributed by atoms with Crippen molar-refractivity contribution < 1.29 is 14.7 Å². The van der Waals surface area contributed by atoms with Crippen LogP contribution in [0.4, 0.5) is 5.69 Å². The lowest BCUT2D eigenvalue weighted by molar-refractivity contribution is -0.117. The topological polar surface area (TPSA) is 92.4 Å². The zero-order valence-electron chi connectivity index (χ0n) is 11.0. The molecule has 0 aliphatic heterocycles. The van der Waals surface area contributed by atoms with E-state index in [0.29, 0.717) is 12.1 Å². The first-order valence-corrected chi connectivity index (χ1v) is 7.24. The number of anilines is 1. The minimum Gasteiger partial charge on any atom is -0.478 e. The predicted octanol–water partition coefficient (Wildman–Crippen LogP) is 1.71. The third-order valence-corrected chi connectivity index (χ3v) is 3.36. The maximum atomic E-state index is 11.9. The number of thioether (sulfide) groups is 1. The van der Waals surface area contributed by atoms with Crippen molar-refractivity contribution in [3.63, 3.8) is 0 Å². The molecule has 0 aliphatic rings. The van der Waals surface area contributed by atoms with E-state index in [1.807, 2.05) is 6.26 Å². The molecule has 0 aromatic heterocycles. The van der Waals surface area contributed by atoms with E-state index in [-0.39, 0.29) is 11.5 Å². The zero-order valence-corrected chi connectivity index (χ0v) is 11.8. The van der Waals surface area contributed by atoms with Crippen LogP contribution < -0.4 is 11.1 Å². The molecule has 0 heterocycles. The highest BCUT2D eigenvalue weighted by Gasteiger charge is 2.15. The van der Waals surface area contributed by atoms with E-state index in [1.165, 1.54) is 12.1 Å². The number of nitrogens with two attached hydrogens (primary N) is 1. The van der Waals surface area contributed by atoms with E-state index in [0.717, 1.165) is 11.3 Å². The Balaban J connectivity index is 2.78. The number of nitrogens with one attached hydrogen (secondary N) is 1. The lowest BCUT2D eigenvalue weighted by Gasteiger charge is -2.13. The van der Waals surface area contributed by atoms with Crippen LogP contribution in [0.1, 0.15) is 22.3 Å². The summed E-state index contributed by atoms with van der Waals surface area (Å²) in [5, 5.41) is 11.6. The molecule has 0 radical (unpaired) electrons. The van der Waals surface area contributed by atoms with Crippen LogP contribution in [0, 0.1) is 6.92 Å². The summed E-state index contributed by atoms with van der Waals surface area (Å²) >= 11 is 1.63. The standard InChI is InChI=1S/C13H18N2O3S/c1-8-3-4-9(13(17)18)7-11(8)15-12(16)10(14)5-6-19-2/h3-4,7,10H,5-6,14H2,1-2H3,(H,15,16)(H,17,18)/t10-/m0/s1. The Morgan fingerprint density at radius 3 is 2.74 bits per heavy atom. The van der Waals surface area contributed by atoms with Gasteiger partial charge in [-0.05, 0) is 43.0 Å². The van der Waals surface area contributed by atoms with Gasteiger partial charge in [0.25, 0.3) is 0 Å². The van der Waals surface area contributed by atoms with Gasteiger partial charge in [0.1, 0.15) is 0 Å². The van der Waals surface area contributed by atoms with Gasteiger partial charge in [-0.2, -0.15) is 11.8 Å². The molecule has 1 aromatic rings. The van der Waals surface area contributed by atoms with Crippen LogP contribution in [0.2, 0.25) is 0 Å². The van der Waals surface area contributed by atoms with Gasteiger partial charge < -0.3 is 16.2 Å². The highest BCUT2D eigenvalue weighted by Crippen LogP contribution is 2.17. The summed E-state index contributed by atoms with van der Waals surface area (Å²) in [7, 11) is 0. The average molecular weight is 282 g/mol. The first-order chi connectivity index (χ1) is 8.95. The van der Waals surface area contributed by atoms with E-state index < -0.39 is 12.0 Å². The number of hydrogen-bond acceptors (Lipinski definition) is 4. The highest BCUT2D eigenvalue weighted by molar-refractivity contribution is 7.98. The Labute approximate surface area is 116 Å². The second kappa shape index (κ2) is 7.16. The van der Waals surface area contributed by atoms with Crippen molar-refractivity contribution in [3.05, 3.63) is 29.3 Å². The predicted molar refractivity (Wildman–Crippen MR) is 77.7 cm³/mol. The minimum atomic E-state index is -1.03. The molecule has 0 saturated heterocycles. The molecule has 1 atom stereocenters. The largest absolute Gasteiger partial charge is 0.478 e. The van der Waals surface area contributed by atoms with Crippen LogP contribution >= 0.6 is 11.8 Å². The monoisotopic (exact) mass is 282 g/mol. The molecule has 5 nitrogen and oxygen atoms in total. The van der Waals surface area contributed by atoms with Gasteiger partial charge in [-0.25, -0.2) is 4.79 Å². The van der Waals surface area contributed by atoms with Crippen molar-refractivity contribution >= 4 is 29.3 Å². The maximum Gasteiger partial charge on any atom is 0.335 e. The number of aromatic carboxylic acids is 1. The summed E-state index contributed by atoms with van der Waals surface area (Å²) < 4.78 is 0. The zero-order chi connectivity index (χ0) is 14.4. The first-order valence-electron chi connectivity index (χ1n) is 5.85. The van der Waals surface area contributed by atoms with Crippen LogP contribution in [0.25, 0.3) is 0 Å². The van der Waals surface area contributed by atoms with E-state index in [2.05, 4.69) is 5.32 Å². The van der Waals surface area contributed by atoms with E-state index in [4.69, 9.17) is 10.8 Å². The fraction of sp³-hybridized carbons (Fsp3) is 0.385. The summed E-state index contributed by atoms with van der Waals surface area (Å²) in [6, 6.07) is 4.02. The van der Waals surface area contributed by atoms with Gasteiger partial charge in [-0.3, -0.25) is 4.79 Å². The number of amides is 1. The van der Waals surface area contributed by atoms with Crippen LogP contribution in [0.5, 0.6) is 0 Å². The SMILES string of the molecule is CSCC[C@H](N)C(=O)Nc1cc(C(=O)O)ccc1C. The number of carboxylic acids is 1. The van der Waals surface area contributed by atoms with Gasteiger partial charge in [0.05, 0.1) is 11.6 Å². The summed E-state index contributed by atoms with van der Waals surface area (Å²) in [6.45, 7) is 1.80. The number of carbonyl (C=O) groups excluding carboxylic acids is 1. The molecule has 4 N–H and O–H groups in total. The van der Waals surface area contributed by atoms with Crippen LogP contribution in [-0.4, -0.2) is 35.0 Å². The fourth-order valence-electron chi connectivity index (χ4n) is 1.49. The second-order valence-corrected chi connectivity index (χ2v) is 5.20. The van der Waals surface area contributed by atoms with Gasteiger partial charge in [0.15, 0.2) is 0 Å². The average Bonchev–Trinajstić information content (AvgIpc) is 2.38. The van der Waals surface area contributed by atoms with Crippen molar-refractivity contribution in [3.8, 4) is 0 Å². The Hall–Kier alpha value is -1.53. The van der Waals surface area contributed by atoms with Gasteiger partial charge in [0.2, 0.25) is 5.91 Å². The lowest BCUT2D eigenvalue weighted by Crippen LogP contribution is -2.36. The summed E-state index contributed by atoms with van der Waals surface area (Å²) in [4.78, 5) is 22.7. The van der Waals surface area contributed by atoms with Crippen LogP contribution in [0.3, 0.4) is 0 Å². The molecule has 0 fully saturated rings. The number of carbonyl (C=O) groups is 2. The van der Waals surface area contributed by atoms with Gasteiger partial charge >= 0.3 is 5.97 Å². The van der Waals surface area contributed by atoms with Crippen molar-refractivity contribution in [2.75, 3.05) is 17.3 Å². The van der Waals surface area contributed by atoms with Gasteiger partial charge in [-0.1, -0.05) is 6.07 Å². The molecule has 0 saturated carbocycles. The molecule has 0 spiro atoms. The molecular weight excluding hydrogens is 264 g/mol. The molecule has 1 aromatic carbocycles. The smallest absolute Gasteiger partial charge is 0.335 e. The summed E-state index contributed by atoms with van der Waals surface area (Å²) in [6.07, 6.45) is 2.54. The number of rotatable bonds is 6. The third-order valence-electron chi connectivity index (χ3n) is 2.71. The lowest BCUT2D eigenvalue weighted by atomic mass is 10.1. The van der Waals surface area contributed by atoms with Crippen molar-refractivity contribution in [2.45, 2.75) is 19.4 Å². The molecule has 19 heavy (non-hydrogen) atoms. The fourth-order valence-corrected chi connectivity index (χ4v) is 1.98. The van der Waals surface area contributed by atoms with Gasteiger partial charge in [0, 0.05) is 5.69 Å². The molecule has 0 unspecified atom stereocenters. The molecule has 1 amide bonds. The third kappa shape index (κ3) is 4.57. The molecule has 1 rings (SSSR count). The number of aryl methyl sites for hydroxylation is 1. The number of benzene rings is 1. The molecule has 6 heteroatoms. The quantitative estimate of drug-likeness (QED) is 0.738. The Morgan fingerprint density at radius 1 is 1.47 bits per heavy atom. The van der Waals surface area contributed by atoms with Crippen LogP contribution in [0.15, 0.2) is 18.2 Å². The van der Waals surface area contributed by atoms with E-state index >= 15 is 0 Å². The Morgan fingerprint density at radius 2 is 2.16 bits per heavy atom. The normalized spacial score (nSPS) is 11.9. The number of hydrogen-bond donors (Lipinski definition) is 3. The van der Waals surface area contributed by atoms with E-state index in [9.17, 15) is 9.59 Å². The number of carboxylic acid groups (broad SMARTS) is 1. The maximum absolute atomic E-state index is 11.9. The Kier molecular flexibility index (Phi) is 5.85. The van der Waals surface area contributed by atoms with Crippen molar-refractivity contribution in [1.82, 2.24) is 0 Å². The van der Waals surface area contributed by atoms with Crippen molar-refractivity contribution in [2.24, 2.45) is 5.73 Å². The highest BCUT2D eigenvalue weighted by atomic mass is 32.2. The van der Waals surface area contributed by atoms with Crippen molar-refractivity contribution in [1.29, 1.82) is 0 Å². The summed E-state index contributed by atoms with van der Waals surface area (Å²) in [5.74, 6) is -0.509. The minimum absolute atomic E-state index is 0.138.